The molecule has 0 spiro atoms. The SMILES string of the molecule is CCNc1nc(Nc2ccc3c(c2)c(C#N)cn3C2CCN(C3CN(C(=O)O)C3C)CC2)nn2c(C#N)cnc12. The van der Waals surface area contributed by atoms with Crippen LogP contribution >= 0.6 is 0 Å². The highest BCUT2D eigenvalue weighted by Gasteiger charge is 2.43. The van der Waals surface area contributed by atoms with E-state index in [0.29, 0.717) is 41.8 Å². The normalized spacial score (nSPS) is 19.8. The zero-order chi connectivity index (χ0) is 28.0. The summed E-state index contributed by atoms with van der Waals surface area (Å²) in [6, 6.07) is 10.8. The van der Waals surface area contributed by atoms with Crippen molar-refractivity contribution in [2.24, 2.45) is 0 Å². The Morgan fingerprint density at radius 2 is 2.02 bits per heavy atom. The van der Waals surface area contributed by atoms with Crippen LogP contribution < -0.4 is 10.6 Å². The summed E-state index contributed by atoms with van der Waals surface area (Å²) in [5, 5.41) is 40.3. The fraction of sp³-hybridized carbons (Fsp3) is 0.407. The second-order valence-corrected chi connectivity index (χ2v) is 10.2. The van der Waals surface area contributed by atoms with Crippen LogP contribution in [0.3, 0.4) is 0 Å². The van der Waals surface area contributed by atoms with Gasteiger partial charge in [0.25, 0.3) is 0 Å². The molecule has 40 heavy (non-hydrogen) atoms. The maximum atomic E-state index is 11.3. The molecule has 0 bridgehead atoms. The Bertz CT molecular complexity index is 1690. The summed E-state index contributed by atoms with van der Waals surface area (Å²) in [5.41, 5.74) is 3.08. The number of benzene rings is 1. The van der Waals surface area contributed by atoms with Gasteiger partial charge >= 0.3 is 6.09 Å². The van der Waals surface area contributed by atoms with Crippen LogP contribution in [0.4, 0.5) is 22.2 Å². The fourth-order valence-electron chi connectivity index (χ4n) is 5.91. The second-order valence-electron chi connectivity index (χ2n) is 10.2. The number of rotatable bonds is 6. The number of aromatic nitrogens is 5. The predicted molar refractivity (Wildman–Crippen MR) is 147 cm³/mol. The van der Waals surface area contributed by atoms with Gasteiger partial charge in [0.1, 0.15) is 12.1 Å². The van der Waals surface area contributed by atoms with Crippen LogP contribution in [0.1, 0.15) is 44.0 Å². The minimum Gasteiger partial charge on any atom is -0.465 e. The first-order chi connectivity index (χ1) is 19.4. The molecule has 13 nitrogen and oxygen atoms in total. The van der Waals surface area contributed by atoms with Crippen molar-refractivity contribution in [3.05, 3.63) is 41.9 Å². The highest BCUT2D eigenvalue weighted by Crippen LogP contribution is 2.34. The molecule has 1 amide bonds. The molecule has 2 atom stereocenters. The first-order valence-corrected chi connectivity index (χ1v) is 13.4. The summed E-state index contributed by atoms with van der Waals surface area (Å²) >= 11 is 0. The smallest absolute Gasteiger partial charge is 0.407 e. The number of nitriles is 2. The number of fused-ring (bicyclic) bond motifs is 2. The van der Waals surface area contributed by atoms with E-state index in [1.807, 2.05) is 38.2 Å². The van der Waals surface area contributed by atoms with Gasteiger partial charge in [-0.3, -0.25) is 4.90 Å². The van der Waals surface area contributed by atoms with Crippen molar-refractivity contribution in [2.45, 2.75) is 44.8 Å². The lowest BCUT2D eigenvalue weighted by atomic mass is 9.93. The minimum absolute atomic E-state index is 0.0105. The van der Waals surface area contributed by atoms with E-state index in [0.717, 1.165) is 42.5 Å². The molecule has 2 aliphatic rings. The number of anilines is 3. The quantitative estimate of drug-likeness (QED) is 0.331. The van der Waals surface area contributed by atoms with E-state index in [9.17, 15) is 20.4 Å². The summed E-state index contributed by atoms with van der Waals surface area (Å²) in [6.45, 7) is 6.90. The van der Waals surface area contributed by atoms with Crippen LogP contribution in [0, 0.1) is 22.7 Å². The third kappa shape index (κ3) is 4.21. The van der Waals surface area contributed by atoms with E-state index >= 15 is 0 Å². The molecule has 0 radical (unpaired) electrons. The highest BCUT2D eigenvalue weighted by atomic mass is 16.4. The first kappa shape index (κ1) is 25.4. The topological polar surface area (TPSA) is 163 Å². The lowest BCUT2D eigenvalue weighted by molar-refractivity contribution is -0.0205. The number of carbonyl (C=O) groups is 1. The van der Waals surface area contributed by atoms with Gasteiger partial charge in [0.2, 0.25) is 5.95 Å². The Balaban J connectivity index is 1.23. The zero-order valence-electron chi connectivity index (χ0n) is 22.2. The number of nitrogens with zero attached hydrogens (tertiary/aromatic N) is 9. The largest absolute Gasteiger partial charge is 0.465 e. The van der Waals surface area contributed by atoms with E-state index in [1.165, 1.54) is 15.6 Å². The number of imidazole rings is 1. The summed E-state index contributed by atoms with van der Waals surface area (Å²) in [7, 11) is 0. The van der Waals surface area contributed by atoms with E-state index < -0.39 is 6.09 Å². The highest BCUT2D eigenvalue weighted by molar-refractivity contribution is 5.90. The molecular weight excluding hydrogens is 510 g/mol. The van der Waals surface area contributed by atoms with Crippen LogP contribution in [-0.4, -0.2) is 83.4 Å². The lowest BCUT2D eigenvalue weighted by Gasteiger charge is -2.51. The molecule has 4 aromatic rings. The number of carboxylic acid groups (broad SMARTS) is 1. The number of likely N-dealkylation sites (tertiary alicyclic amines) is 2. The molecule has 2 aliphatic heterocycles. The van der Waals surface area contributed by atoms with Crippen molar-refractivity contribution < 1.29 is 9.90 Å². The standard InChI is InChI=1S/C27H29N11O2/c1-3-30-24-25-31-13-20(12-29)38(25)34-26(33-24)32-18-4-5-22-21(10-18)17(11-28)14-37(22)19-6-8-35(9-7-19)23-15-36(16(23)2)27(39)40/h4-5,10,13-14,16,19,23H,3,6-9,15H2,1-2H3,(H,39,40)(H2,30,32,33,34). The molecular formula is C27H29N11O2. The fourth-order valence-corrected chi connectivity index (χ4v) is 5.91. The van der Waals surface area contributed by atoms with Gasteiger partial charge in [-0.05, 0) is 44.9 Å². The Morgan fingerprint density at radius 3 is 2.70 bits per heavy atom. The summed E-state index contributed by atoms with van der Waals surface area (Å²) in [4.78, 5) is 24.0. The molecule has 1 aromatic carbocycles. The molecule has 0 aliphatic carbocycles. The van der Waals surface area contributed by atoms with Crippen molar-refractivity contribution >= 4 is 40.1 Å². The molecule has 3 N–H and O–H groups in total. The molecule has 3 aromatic heterocycles. The van der Waals surface area contributed by atoms with Crippen molar-refractivity contribution in [3.63, 3.8) is 0 Å². The van der Waals surface area contributed by atoms with Crippen LogP contribution in [0.15, 0.2) is 30.6 Å². The Morgan fingerprint density at radius 1 is 1.23 bits per heavy atom. The van der Waals surface area contributed by atoms with E-state index in [-0.39, 0.29) is 18.1 Å². The third-order valence-corrected chi connectivity index (χ3v) is 8.07. The molecule has 5 heterocycles. The van der Waals surface area contributed by atoms with Crippen LogP contribution in [-0.2, 0) is 0 Å². The van der Waals surface area contributed by atoms with E-state index in [2.05, 4.69) is 47.3 Å². The van der Waals surface area contributed by atoms with Crippen molar-refractivity contribution in [3.8, 4) is 12.1 Å². The Hall–Kier alpha value is -4.88. The molecule has 6 rings (SSSR count). The van der Waals surface area contributed by atoms with Gasteiger partial charge in [-0.1, -0.05) is 0 Å². The maximum absolute atomic E-state index is 11.3. The van der Waals surface area contributed by atoms with E-state index in [4.69, 9.17) is 0 Å². The van der Waals surface area contributed by atoms with Crippen molar-refractivity contribution in [1.29, 1.82) is 10.5 Å². The lowest BCUT2D eigenvalue weighted by Crippen LogP contribution is -2.67. The number of hydrogen-bond donors (Lipinski definition) is 3. The molecule has 0 saturated carbocycles. The Kier molecular flexibility index (Phi) is 6.36. The summed E-state index contributed by atoms with van der Waals surface area (Å²) < 4.78 is 3.66. The van der Waals surface area contributed by atoms with Crippen LogP contribution in [0.2, 0.25) is 0 Å². The number of hydrogen-bond acceptors (Lipinski definition) is 9. The zero-order valence-corrected chi connectivity index (χ0v) is 22.2. The second kappa shape index (κ2) is 10.0. The average Bonchev–Trinajstić information content (AvgIpc) is 3.53. The van der Waals surface area contributed by atoms with Crippen LogP contribution in [0.25, 0.3) is 16.6 Å². The number of amides is 1. The molecule has 204 valence electrons. The van der Waals surface area contributed by atoms with Gasteiger partial charge < -0.3 is 25.2 Å². The first-order valence-electron chi connectivity index (χ1n) is 13.4. The molecule has 2 unspecified atom stereocenters. The molecule has 2 fully saturated rings. The van der Waals surface area contributed by atoms with Crippen molar-refractivity contribution in [2.75, 3.05) is 36.8 Å². The van der Waals surface area contributed by atoms with Gasteiger partial charge in [-0.25, -0.2) is 9.78 Å². The average molecular weight is 540 g/mol. The van der Waals surface area contributed by atoms with Gasteiger partial charge in [0, 0.05) is 67.1 Å². The number of piperidine rings is 1. The maximum Gasteiger partial charge on any atom is 0.407 e. The van der Waals surface area contributed by atoms with Crippen LogP contribution in [0.5, 0.6) is 0 Å². The minimum atomic E-state index is -0.853. The monoisotopic (exact) mass is 539 g/mol. The Labute approximate surface area is 230 Å². The summed E-state index contributed by atoms with van der Waals surface area (Å²) in [5.74, 6) is 0.819. The van der Waals surface area contributed by atoms with Gasteiger partial charge in [0.05, 0.1) is 11.8 Å². The van der Waals surface area contributed by atoms with Gasteiger partial charge in [-0.2, -0.15) is 20.0 Å². The van der Waals surface area contributed by atoms with Gasteiger partial charge in [-0.15, -0.1) is 5.10 Å². The molecule has 13 heteroatoms. The number of nitrogens with one attached hydrogen (secondary N) is 2. The predicted octanol–water partition coefficient (Wildman–Crippen LogP) is 3.39. The van der Waals surface area contributed by atoms with Crippen molar-refractivity contribution in [1.82, 2.24) is 33.9 Å². The molecule has 2 saturated heterocycles. The van der Waals surface area contributed by atoms with E-state index in [1.54, 1.807) is 0 Å². The van der Waals surface area contributed by atoms with Gasteiger partial charge in [0.15, 0.2) is 17.2 Å². The third-order valence-electron chi connectivity index (χ3n) is 8.07. The summed E-state index contributed by atoms with van der Waals surface area (Å²) in [6.07, 6.45) is 4.40.